The molecule has 4 heteroatoms. The number of carbonyl (C=O) groups excluding carboxylic acids is 2. The molecule has 4 nitrogen and oxygen atoms in total. The standard InChI is InChI=1S/C18H36N2O2/c1-5-18(22)17(19-4)14-12-10-8-7-9-11-13-16(15(3)21)20-6-2/h16-17,19-20H,5-14H2,1-4H3. The van der Waals surface area contributed by atoms with Crippen LogP contribution < -0.4 is 10.6 Å². The van der Waals surface area contributed by atoms with Gasteiger partial charge in [-0.25, -0.2) is 0 Å². The molecule has 0 saturated carbocycles. The molecular weight excluding hydrogens is 276 g/mol. The van der Waals surface area contributed by atoms with Crippen molar-refractivity contribution in [2.45, 2.75) is 90.6 Å². The second kappa shape index (κ2) is 13.9. The van der Waals surface area contributed by atoms with Gasteiger partial charge >= 0.3 is 0 Å². The molecule has 2 unspecified atom stereocenters. The van der Waals surface area contributed by atoms with Crippen LogP contribution >= 0.6 is 0 Å². The summed E-state index contributed by atoms with van der Waals surface area (Å²) in [5, 5.41) is 6.35. The Bertz CT molecular complexity index is 297. The lowest BCUT2D eigenvalue weighted by molar-refractivity contribution is -0.121. The van der Waals surface area contributed by atoms with Gasteiger partial charge in [0.1, 0.15) is 11.6 Å². The van der Waals surface area contributed by atoms with Crippen LogP contribution in [0.15, 0.2) is 0 Å². The van der Waals surface area contributed by atoms with Gasteiger partial charge in [-0.3, -0.25) is 9.59 Å². The summed E-state index contributed by atoms with van der Waals surface area (Å²) < 4.78 is 0. The smallest absolute Gasteiger partial charge is 0.149 e. The molecule has 0 aliphatic carbocycles. The number of carbonyl (C=O) groups is 2. The molecule has 0 bridgehead atoms. The molecule has 2 N–H and O–H groups in total. The van der Waals surface area contributed by atoms with Crippen molar-refractivity contribution >= 4 is 11.6 Å². The van der Waals surface area contributed by atoms with Gasteiger partial charge in [0, 0.05) is 6.42 Å². The molecule has 0 aromatic carbocycles. The van der Waals surface area contributed by atoms with Crippen molar-refractivity contribution < 1.29 is 9.59 Å². The molecule has 130 valence electrons. The van der Waals surface area contributed by atoms with E-state index in [-0.39, 0.29) is 17.9 Å². The van der Waals surface area contributed by atoms with Crippen LogP contribution in [0.3, 0.4) is 0 Å². The molecule has 0 heterocycles. The number of hydrogen-bond donors (Lipinski definition) is 2. The van der Waals surface area contributed by atoms with Gasteiger partial charge in [-0.1, -0.05) is 52.4 Å². The fourth-order valence-corrected chi connectivity index (χ4v) is 2.81. The summed E-state index contributed by atoms with van der Waals surface area (Å²) >= 11 is 0. The maximum atomic E-state index is 11.6. The van der Waals surface area contributed by atoms with Gasteiger partial charge in [-0.15, -0.1) is 0 Å². The van der Waals surface area contributed by atoms with Crippen molar-refractivity contribution in [3.8, 4) is 0 Å². The SMILES string of the molecule is CCNC(CCCCCCCCC(NC)C(=O)CC)C(C)=O. The first-order chi connectivity index (χ1) is 10.6. The Morgan fingerprint density at radius 3 is 1.77 bits per heavy atom. The van der Waals surface area contributed by atoms with E-state index in [1.807, 2.05) is 20.9 Å². The van der Waals surface area contributed by atoms with Crippen molar-refractivity contribution in [1.29, 1.82) is 0 Å². The molecule has 0 rings (SSSR count). The van der Waals surface area contributed by atoms with Crippen LogP contribution in [-0.2, 0) is 9.59 Å². The third-order valence-corrected chi connectivity index (χ3v) is 4.26. The molecule has 0 fully saturated rings. The zero-order valence-corrected chi connectivity index (χ0v) is 15.0. The summed E-state index contributed by atoms with van der Waals surface area (Å²) in [5.41, 5.74) is 0. The van der Waals surface area contributed by atoms with Gasteiger partial charge in [0.05, 0.1) is 12.1 Å². The molecule has 0 amide bonds. The molecule has 0 aromatic heterocycles. The van der Waals surface area contributed by atoms with Crippen molar-refractivity contribution in [2.75, 3.05) is 13.6 Å². The minimum Gasteiger partial charge on any atom is -0.311 e. The molecule has 22 heavy (non-hydrogen) atoms. The molecular formula is C18H36N2O2. The van der Waals surface area contributed by atoms with Crippen LogP contribution in [0.1, 0.15) is 78.6 Å². The van der Waals surface area contributed by atoms with E-state index in [1.165, 1.54) is 25.7 Å². The Hall–Kier alpha value is -0.740. The van der Waals surface area contributed by atoms with Gasteiger partial charge in [0.15, 0.2) is 0 Å². The van der Waals surface area contributed by atoms with Crippen LogP contribution in [0, 0.1) is 0 Å². The first-order valence-electron chi connectivity index (χ1n) is 9.00. The number of ketones is 2. The molecule has 2 atom stereocenters. The van der Waals surface area contributed by atoms with Gasteiger partial charge in [0.25, 0.3) is 0 Å². The maximum absolute atomic E-state index is 11.6. The predicted molar refractivity (Wildman–Crippen MR) is 93.2 cm³/mol. The summed E-state index contributed by atoms with van der Waals surface area (Å²) in [6.07, 6.45) is 9.60. The van der Waals surface area contributed by atoms with Crippen LogP contribution in [0.25, 0.3) is 0 Å². The molecule has 0 spiro atoms. The minimum absolute atomic E-state index is 0.0430. The summed E-state index contributed by atoms with van der Waals surface area (Å²) in [6.45, 7) is 6.49. The summed E-state index contributed by atoms with van der Waals surface area (Å²) in [5.74, 6) is 0.571. The van der Waals surface area contributed by atoms with E-state index in [2.05, 4.69) is 10.6 Å². The first kappa shape index (κ1) is 21.3. The zero-order valence-electron chi connectivity index (χ0n) is 15.0. The number of unbranched alkanes of at least 4 members (excludes halogenated alkanes) is 5. The predicted octanol–water partition coefficient (Wildman–Crippen LogP) is 3.24. The lowest BCUT2D eigenvalue weighted by Gasteiger charge is -2.14. The van der Waals surface area contributed by atoms with Crippen molar-refractivity contribution in [1.82, 2.24) is 10.6 Å². The Morgan fingerprint density at radius 2 is 1.36 bits per heavy atom. The topological polar surface area (TPSA) is 58.2 Å². The molecule has 0 saturated heterocycles. The lowest BCUT2D eigenvalue weighted by atomic mass is 10.0. The summed E-state index contributed by atoms with van der Waals surface area (Å²) in [6, 6.07) is 0.0860. The number of nitrogens with one attached hydrogen (secondary N) is 2. The van der Waals surface area contributed by atoms with Crippen LogP contribution in [0.5, 0.6) is 0 Å². The van der Waals surface area contributed by atoms with E-state index in [4.69, 9.17) is 0 Å². The van der Waals surface area contributed by atoms with E-state index in [0.29, 0.717) is 12.2 Å². The highest BCUT2D eigenvalue weighted by molar-refractivity contribution is 5.83. The lowest BCUT2D eigenvalue weighted by Crippen LogP contribution is -2.34. The third-order valence-electron chi connectivity index (χ3n) is 4.26. The Morgan fingerprint density at radius 1 is 0.864 bits per heavy atom. The Kier molecular flexibility index (Phi) is 13.4. The van der Waals surface area contributed by atoms with E-state index in [0.717, 1.165) is 32.2 Å². The number of Topliss-reactive ketones (excluding diaryl/α,β-unsaturated/α-hetero) is 2. The number of rotatable bonds is 15. The van der Waals surface area contributed by atoms with Crippen molar-refractivity contribution in [3.63, 3.8) is 0 Å². The zero-order chi connectivity index (χ0) is 16.8. The molecule has 0 aliphatic heterocycles. The normalized spacial score (nSPS) is 13.8. The van der Waals surface area contributed by atoms with Gasteiger partial charge < -0.3 is 10.6 Å². The largest absolute Gasteiger partial charge is 0.311 e. The van der Waals surface area contributed by atoms with Crippen molar-refractivity contribution in [3.05, 3.63) is 0 Å². The highest BCUT2D eigenvalue weighted by atomic mass is 16.1. The fraction of sp³-hybridized carbons (Fsp3) is 0.889. The quantitative estimate of drug-likeness (QED) is 0.456. The number of hydrogen-bond acceptors (Lipinski definition) is 4. The molecule has 0 radical (unpaired) electrons. The van der Waals surface area contributed by atoms with Crippen LogP contribution in [0.2, 0.25) is 0 Å². The molecule has 0 aromatic rings. The molecule has 0 aliphatic rings. The van der Waals surface area contributed by atoms with E-state index >= 15 is 0 Å². The highest BCUT2D eigenvalue weighted by Crippen LogP contribution is 2.12. The van der Waals surface area contributed by atoms with E-state index < -0.39 is 0 Å². The van der Waals surface area contributed by atoms with E-state index in [9.17, 15) is 9.59 Å². The first-order valence-corrected chi connectivity index (χ1v) is 9.00. The summed E-state index contributed by atoms with van der Waals surface area (Å²) in [7, 11) is 1.87. The Balaban J connectivity index is 3.57. The van der Waals surface area contributed by atoms with Crippen LogP contribution in [-0.4, -0.2) is 37.2 Å². The maximum Gasteiger partial charge on any atom is 0.149 e. The average molecular weight is 312 g/mol. The fourth-order valence-electron chi connectivity index (χ4n) is 2.81. The minimum atomic E-state index is 0.0430. The van der Waals surface area contributed by atoms with E-state index in [1.54, 1.807) is 6.92 Å². The van der Waals surface area contributed by atoms with Gasteiger partial charge in [-0.2, -0.15) is 0 Å². The van der Waals surface area contributed by atoms with Crippen LogP contribution in [0.4, 0.5) is 0 Å². The van der Waals surface area contributed by atoms with Gasteiger partial charge in [-0.05, 0) is 33.4 Å². The summed E-state index contributed by atoms with van der Waals surface area (Å²) in [4.78, 5) is 23.0. The third kappa shape index (κ3) is 10.1. The Labute approximate surface area is 136 Å². The average Bonchev–Trinajstić information content (AvgIpc) is 2.51. The second-order valence-corrected chi connectivity index (χ2v) is 6.08. The second-order valence-electron chi connectivity index (χ2n) is 6.08. The monoisotopic (exact) mass is 312 g/mol. The van der Waals surface area contributed by atoms with Crippen molar-refractivity contribution in [2.24, 2.45) is 0 Å². The van der Waals surface area contributed by atoms with Gasteiger partial charge in [0.2, 0.25) is 0 Å². The number of likely N-dealkylation sites (N-methyl/N-ethyl adjacent to an activating group) is 2. The highest BCUT2D eigenvalue weighted by Gasteiger charge is 2.13.